The maximum absolute atomic E-state index is 11.8. The number of benzene rings is 1. The number of hydrogen-bond acceptors (Lipinski definition) is 4. The van der Waals surface area contributed by atoms with Crippen molar-refractivity contribution in [1.29, 1.82) is 0 Å². The average Bonchev–Trinajstić information content (AvgIpc) is 2.96. The lowest BCUT2D eigenvalue weighted by atomic mass is 10.0. The number of hydrogen-bond donors (Lipinski definition) is 0. The summed E-state index contributed by atoms with van der Waals surface area (Å²) in [6, 6.07) is 7.58. The van der Waals surface area contributed by atoms with Gasteiger partial charge in [0.25, 0.3) is 0 Å². The number of azide groups is 1. The maximum atomic E-state index is 11.8. The van der Waals surface area contributed by atoms with Crippen molar-refractivity contribution < 1.29 is 9.53 Å². The lowest BCUT2D eigenvalue weighted by molar-refractivity contribution is -0.138. The van der Waals surface area contributed by atoms with Gasteiger partial charge >= 0.3 is 5.97 Å². The Balaban J connectivity index is 2.28. The molecule has 1 heterocycles. The van der Waals surface area contributed by atoms with Crippen LogP contribution in [-0.4, -0.2) is 12.6 Å². The molecule has 0 spiro atoms. The van der Waals surface area contributed by atoms with Crippen molar-refractivity contribution in [3.63, 3.8) is 0 Å². The van der Waals surface area contributed by atoms with E-state index in [-0.39, 0.29) is 12.3 Å². The number of halogens is 1. The minimum absolute atomic E-state index is 0.0508. The number of carbonyl (C=O) groups is 1. The predicted octanol–water partition coefficient (Wildman–Crippen LogP) is 5.21. The molecule has 0 aliphatic rings. The van der Waals surface area contributed by atoms with E-state index in [0.29, 0.717) is 11.4 Å². The van der Waals surface area contributed by atoms with Gasteiger partial charge in [0.05, 0.1) is 6.61 Å². The zero-order valence-corrected chi connectivity index (χ0v) is 14.0. The molecule has 2 rings (SSSR count). The Labute approximate surface area is 142 Å². The fourth-order valence-corrected chi connectivity index (χ4v) is 2.90. The monoisotopic (exact) mass is 347 g/mol. The number of ether oxygens (including phenoxy) is 1. The van der Waals surface area contributed by atoms with Crippen LogP contribution in [0.15, 0.2) is 45.8 Å². The Hall–Kier alpha value is -2.27. The highest BCUT2D eigenvalue weighted by Gasteiger charge is 2.11. The van der Waals surface area contributed by atoms with Gasteiger partial charge in [0.1, 0.15) is 5.70 Å². The van der Waals surface area contributed by atoms with Crippen molar-refractivity contribution in [2.24, 2.45) is 5.11 Å². The van der Waals surface area contributed by atoms with Crippen LogP contribution in [0.3, 0.4) is 0 Å². The van der Waals surface area contributed by atoms with Crippen LogP contribution in [0.25, 0.3) is 16.5 Å². The Bertz CT molecular complexity index is 762. The topological polar surface area (TPSA) is 75.1 Å². The molecule has 1 aromatic heterocycles. The summed E-state index contributed by atoms with van der Waals surface area (Å²) in [5.41, 5.74) is 11.5. The van der Waals surface area contributed by atoms with E-state index in [1.807, 2.05) is 35.0 Å². The normalized spacial score (nSPS) is 11.0. The maximum Gasteiger partial charge on any atom is 0.340 e. The van der Waals surface area contributed by atoms with Gasteiger partial charge in [-0.1, -0.05) is 28.8 Å². The Morgan fingerprint density at radius 3 is 2.78 bits per heavy atom. The molecule has 7 heteroatoms. The fraction of sp³-hybridized carbons (Fsp3) is 0.188. The summed E-state index contributed by atoms with van der Waals surface area (Å²) in [5.74, 6) is -0.631. The van der Waals surface area contributed by atoms with Crippen LogP contribution in [0.1, 0.15) is 23.6 Å². The van der Waals surface area contributed by atoms with Gasteiger partial charge < -0.3 is 4.74 Å². The van der Waals surface area contributed by atoms with E-state index in [1.54, 1.807) is 13.0 Å². The van der Waals surface area contributed by atoms with Crippen LogP contribution >= 0.6 is 22.9 Å². The highest BCUT2D eigenvalue weighted by atomic mass is 35.5. The lowest BCUT2D eigenvalue weighted by Gasteiger charge is -2.04. The van der Waals surface area contributed by atoms with Gasteiger partial charge in [-0.05, 0) is 64.5 Å². The molecule has 0 saturated heterocycles. The quantitative estimate of drug-likeness (QED) is 0.236. The zero-order chi connectivity index (χ0) is 16.7. The molecule has 0 radical (unpaired) electrons. The van der Waals surface area contributed by atoms with E-state index in [1.165, 1.54) is 11.3 Å². The van der Waals surface area contributed by atoms with Gasteiger partial charge in [0, 0.05) is 9.93 Å². The first-order chi connectivity index (χ1) is 11.1. The van der Waals surface area contributed by atoms with Crippen LogP contribution in [0.5, 0.6) is 0 Å². The molecule has 1 aromatic carbocycles. The third kappa shape index (κ3) is 4.86. The smallest absolute Gasteiger partial charge is 0.340 e. The molecule has 0 aliphatic carbocycles. The summed E-state index contributed by atoms with van der Waals surface area (Å²) in [6.45, 7) is 1.92. The first-order valence-electron chi connectivity index (χ1n) is 6.87. The average molecular weight is 348 g/mol. The number of rotatable bonds is 6. The zero-order valence-electron chi connectivity index (χ0n) is 12.4. The molecule has 0 N–H and O–H groups in total. The summed E-state index contributed by atoms with van der Waals surface area (Å²) >= 11 is 7.40. The largest absolute Gasteiger partial charge is 0.462 e. The van der Waals surface area contributed by atoms with E-state index >= 15 is 0 Å². The number of thiophene rings is 1. The van der Waals surface area contributed by atoms with Crippen LogP contribution in [0.4, 0.5) is 0 Å². The van der Waals surface area contributed by atoms with Crippen LogP contribution < -0.4 is 0 Å². The van der Waals surface area contributed by atoms with Gasteiger partial charge in [0.15, 0.2) is 0 Å². The first kappa shape index (κ1) is 17.1. The van der Waals surface area contributed by atoms with E-state index < -0.39 is 5.97 Å². The molecule has 0 amide bonds. The highest BCUT2D eigenvalue weighted by Crippen LogP contribution is 2.23. The molecule has 0 unspecified atom stereocenters. The highest BCUT2D eigenvalue weighted by molar-refractivity contribution is 7.08. The second-order valence-electron chi connectivity index (χ2n) is 4.60. The van der Waals surface area contributed by atoms with Crippen molar-refractivity contribution in [2.75, 3.05) is 6.61 Å². The number of nitrogens with zero attached hydrogens (tertiary/aromatic N) is 3. The van der Waals surface area contributed by atoms with E-state index in [0.717, 1.165) is 16.7 Å². The number of carbonyl (C=O) groups excluding carboxylic acids is 1. The minimum Gasteiger partial charge on any atom is -0.462 e. The first-order valence-corrected chi connectivity index (χ1v) is 8.19. The van der Waals surface area contributed by atoms with E-state index in [2.05, 4.69) is 10.0 Å². The van der Waals surface area contributed by atoms with Crippen molar-refractivity contribution in [3.8, 4) is 0 Å². The molecule has 0 saturated carbocycles. The molecular formula is C16H14ClN3O2S. The Kier molecular flexibility index (Phi) is 6.23. The second kappa shape index (κ2) is 8.39. The van der Waals surface area contributed by atoms with Crippen molar-refractivity contribution in [3.05, 3.63) is 72.9 Å². The van der Waals surface area contributed by atoms with Crippen molar-refractivity contribution >= 4 is 35.0 Å². The second-order valence-corrected chi connectivity index (χ2v) is 5.78. The Morgan fingerprint density at radius 2 is 2.13 bits per heavy atom. The molecule has 2 aromatic rings. The molecule has 0 bridgehead atoms. The van der Waals surface area contributed by atoms with Gasteiger partial charge in [-0.15, -0.1) is 0 Å². The van der Waals surface area contributed by atoms with Crippen LogP contribution in [0, 0.1) is 0 Å². The lowest BCUT2D eigenvalue weighted by Crippen LogP contribution is -2.05. The summed E-state index contributed by atoms with van der Waals surface area (Å²) in [5, 5.41) is 8.02. The Morgan fingerprint density at radius 1 is 1.39 bits per heavy atom. The summed E-state index contributed by atoms with van der Waals surface area (Å²) in [7, 11) is 0. The summed E-state index contributed by atoms with van der Waals surface area (Å²) < 4.78 is 4.89. The fourth-order valence-electron chi connectivity index (χ4n) is 1.95. The van der Waals surface area contributed by atoms with Gasteiger partial charge in [-0.25, -0.2) is 4.79 Å². The predicted molar refractivity (Wildman–Crippen MR) is 92.3 cm³/mol. The van der Waals surface area contributed by atoms with Crippen molar-refractivity contribution in [1.82, 2.24) is 0 Å². The molecule has 0 aliphatic heterocycles. The standard InChI is InChI=1S/C16H14ClN3O2S/c1-2-22-16(21)15(19-20-18)8-13-10-23-9-12(13)7-11-3-5-14(17)6-4-11/h3-6,8-10H,2,7H2,1H3. The SMILES string of the molecule is CCOC(=O)C(=Cc1cscc1Cc1ccc(Cl)cc1)N=[N+]=[N-]. The summed E-state index contributed by atoms with van der Waals surface area (Å²) in [4.78, 5) is 14.5. The molecule has 0 atom stereocenters. The summed E-state index contributed by atoms with van der Waals surface area (Å²) in [6.07, 6.45) is 2.25. The molecule has 23 heavy (non-hydrogen) atoms. The van der Waals surface area contributed by atoms with E-state index in [9.17, 15) is 4.79 Å². The third-order valence-corrected chi connectivity index (χ3v) is 4.08. The third-order valence-electron chi connectivity index (χ3n) is 3.01. The number of esters is 1. The van der Waals surface area contributed by atoms with Crippen LogP contribution in [0.2, 0.25) is 5.02 Å². The van der Waals surface area contributed by atoms with Gasteiger partial charge in [-0.2, -0.15) is 11.3 Å². The van der Waals surface area contributed by atoms with Gasteiger partial charge in [0.2, 0.25) is 0 Å². The molecule has 118 valence electrons. The molecular weight excluding hydrogens is 334 g/mol. The van der Waals surface area contributed by atoms with E-state index in [4.69, 9.17) is 21.9 Å². The van der Waals surface area contributed by atoms with Crippen molar-refractivity contribution in [2.45, 2.75) is 13.3 Å². The van der Waals surface area contributed by atoms with Crippen LogP contribution in [-0.2, 0) is 16.0 Å². The molecule has 5 nitrogen and oxygen atoms in total. The molecule has 0 fully saturated rings. The van der Waals surface area contributed by atoms with Gasteiger partial charge in [-0.3, -0.25) is 0 Å². The minimum atomic E-state index is -0.631.